The quantitative estimate of drug-likeness (QED) is 0.643. The van der Waals surface area contributed by atoms with Crippen LogP contribution in [0.5, 0.6) is 0 Å². The number of nitrogens with two attached hydrogens (primary N) is 2. The first-order valence-electron chi connectivity index (χ1n) is 4.18. The Kier molecular flexibility index (Phi) is 3.35. The van der Waals surface area contributed by atoms with Crippen molar-refractivity contribution in [3.8, 4) is 0 Å². The summed E-state index contributed by atoms with van der Waals surface area (Å²) in [5, 5.41) is 0. The maximum absolute atomic E-state index is 11.3. The SMILES string of the molecule is CCOC(=O)c1cc(N)nc(CN)n1. The zero-order valence-electron chi connectivity index (χ0n) is 7.86. The monoisotopic (exact) mass is 196 g/mol. The van der Waals surface area contributed by atoms with Crippen molar-refractivity contribution in [3.63, 3.8) is 0 Å². The third kappa shape index (κ3) is 2.40. The van der Waals surface area contributed by atoms with E-state index in [0.29, 0.717) is 12.4 Å². The molecule has 6 nitrogen and oxygen atoms in total. The number of esters is 1. The van der Waals surface area contributed by atoms with Gasteiger partial charge in [0.05, 0.1) is 13.2 Å². The summed E-state index contributed by atoms with van der Waals surface area (Å²) < 4.78 is 4.76. The summed E-state index contributed by atoms with van der Waals surface area (Å²) >= 11 is 0. The van der Waals surface area contributed by atoms with Gasteiger partial charge in [0, 0.05) is 6.07 Å². The van der Waals surface area contributed by atoms with Gasteiger partial charge < -0.3 is 16.2 Å². The molecule has 0 saturated carbocycles. The number of aromatic nitrogens is 2. The maximum atomic E-state index is 11.3. The summed E-state index contributed by atoms with van der Waals surface area (Å²) in [6.07, 6.45) is 0. The third-order valence-electron chi connectivity index (χ3n) is 1.46. The fraction of sp³-hybridized carbons (Fsp3) is 0.375. The molecule has 6 heteroatoms. The number of nitrogens with zero attached hydrogens (tertiary/aromatic N) is 2. The average Bonchev–Trinajstić information content (AvgIpc) is 2.17. The molecule has 0 radical (unpaired) electrons. The minimum atomic E-state index is -0.517. The van der Waals surface area contributed by atoms with Crippen LogP contribution in [0.3, 0.4) is 0 Å². The summed E-state index contributed by atoms with van der Waals surface area (Å²) in [7, 11) is 0. The second-order valence-electron chi connectivity index (χ2n) is 2.52. The molecule has 1 aromatic rings. The van der Waals surface area contributed by atoms with E-state index in [1.54, 1.807) is 6.92 Å². The van der Waals surface area contributed by atoms with Gasteiger partial charge in [-0.3, -0.25) is 0 Å². The van der Waals surface area contributed by atoms with Crippen LogP contribution < -0.4 is 11.5 Å². The molecular formula is C8H12N4O2. The van der Waals surface area contributed by atoms with Crippen LogP contribution in [-0.2, 0) is 11.3 Å². The fourth-order valence-corrected chi connectivity index (χ4v) is 0.919. The van der Waals surface area contributed by atoms with Gasteiger partial charge in [-0.25, -0.2) is 14.8 Å². The topological polar surface area (TPSA) is 104 Å². The zero-order valence-corrected chi connectivity index (χ0v) is 7.86. The summed E-state index contributed by atoms with van der Waals surface area (Å²) in [5.74, 6) is 0.0212. The standard InChI is InChI=1S/C8H12N4O2/c1-2-14-8(13)5-3-6(10)12-7(4-9)11-5/h3H,2,4,9H2,1H3,(H2,10,11,12). The molecule has 14 heavy (non-hydrogen) atoms. The van der Waals surface area contributed by atoms with Crippen LogP contribution in [-0.4, -0.2) is 22.5 Å². The molecule has 0 aliphatic carbocycles. The Labute approximate surface area is 81.3 Å². The Morgan fingerprint density at radius 2 is 2.29 bits per heavy atom. The van der Waals surface area contributed by atoms with Crippen LogP contribution in [0.4, 0.5) is 5.82 Å². The summed E-state index contributed by atoms with van der Waals surface area (Å²) in [4.78, 5) is 19.0. The Hall–Kier alpha value is -1.69. The molecule has 0 atom stereocenters. The second-order valence-corrected chi connectivity index (χ2v) is 2.52. The van der Waals surface area contributed by atoms with E-state index in [1.807, 2.05) is 0 Å². The minimum absolute atomic E-state index is 0.136. The summed E-state index contributed by atoms with van der Waals surface area (Å²) in [6.45, 7) is 2.14. The van der Waals surface area contributed by atoms with Crippen LogP contribution in [0.25, 0.3) is 0 Å². The first-order chi connectivity index (χ1) is 6.67. The molecule has 0 bridgehead atoms. The summed E-state index contributed by atoms with van der Waals surface area (Å²) in [5.41, 5.74) is 10.9. The van der Waals surface area contributed by atoms with E-state index < -0.39 is 5.97 Å². The third-order valence-corrected chi connectivity index (χ3v) is 1.46. The Bertz CT molecular complexity index is 340. The van der Waals surface area contributed by atoms with E-state index in [-0.39, 0.29) is 18.1 Å². The zero-order chi connectivity index (χ0) is 10.6. The molecule has 0 aliphatic rings. The second kappa shape index (κ2) is 4.52. The number of rotatable bonds is 3. The lowest BCUT2D eigenvalue weighted by atomic mass is 10.4. The van der Waals surface area contributed by atoms with Crippen molar-refractivity contribution in [1.29, 1.82) is 0 Å². The highest BCUT2D eigenvalue weighted by Gasteiger charge is 2.10. The van der Waals surface area contributed by atoms with Crippen molar-refractivity contribution >= 4 is 11.8 Å². The minimum Gasteiger partial charge on any atom is -0.461 e. The van der Waals surface area contributed by atoms with Gasteiger partial charge in [0.2, 0.25) is 0 Å². The number of anilines is 1. The predicted octanol–water partition coefficient (Wildman–Crippen LogP) is -0.306. The molecule has 0 unspecified atom stereocenters. The molecule has 0 fully saturated rings. The van der Waals surface area contributed by atoms with Gasteiger partial charge in [-0.2, -0.15) is 0 Å². The molecular weight excluding hydrogens is 184 g/mol. The van der Waals surface area contributed by atoms with Gasteiger partial charge >= 0.3 is 5.97 Å². The van der Waals surface area contributed by atoms with Crippen molar-refractivity contribution in [3.05, 3.63) is 17.6 Å². The van der Waals surface area contributed by atoms with Crippen molar-refractivity contribution in [2.75, 3.05) is 12.3 Å². The van der Waals surface area contributed by atoms with Crippen molar-refractivity contribution in [2.45, 2.75) is 13.5 Å². The molecule has 1 heterocycles. The number of hydrogen-bond donors (Lipinski definition) is 2. The van der Waals surface area contributed by atoms with Crippen LogP contribution in [0, 0.1) is 0 Å². The Morgan fingerprint density at radius 1 is 1.57 bits per heavy atom. The van der Waals surface area contributed by atoms with Crippen molar-refractivity contribution in [2.24, 2.45) is 5.73 Å². The van der Waals surface area contributed by atoms with E-state index in [0.717, 1.165) is 0 Å². The van der Waals surface area contributed by atoms with Gasteiger partial charge in [-0.1, -0.05) is 0 Å². The first kappa shape index (κ1) is 10.4. The van der Waals surface area contributed by atoms with Gasteiger partial charge in [0.25, 0.3) is 0 Å². The maximum Gasteiger partial charge on any atom is 0.357 e. The van der Waals surface area contributed by atoms with Gasteiger partial charge in [0.1, 0.15) is 11.6 Å². The van der Waals surface area contributed by atoms with Gasteiger partial charge in [-0.05, 0) is 6.92 Å². The van der Waals surface area contributed by atoms with E-state index in [9.17, 15) is 4.79 Å². The largest absolute Gasteiger partial charge is 0.461 e. The van der Waals surface area contributed by atoms with E-state index in [4.69, 9.17) is 16.2 Å². The normalized spacial score (nSPS) is 9.86. The lowest BCUT2D eigenvalue weighted by Crippen LogP contribution is -2.13. The van der Waals surface area contributed by atoms with Crippen LogP contribution in [0.2, 0.25) is 0 Å². The van der Waals surface area contributed by atoms with Gasteiger partial charge in [0.15, 0.2) is 5.69 Å². The number of hydrogen-bond acceptors (Lipinski definition) is 6. The lowest BCUT2D eigenvalue weighted by molar-refractivity contribution is 0.0519. The van der Waals surface area contributed by atoms with Crippen LogP contribution >= 0.6 is 0 Å². The lowest BCUT2D eigenvalue weighted by Gasteiger charge is -2.03. The molecule has 0 saturated heterocycles. The number of carbonyl (C=O) groups excluding carboxylic acids is 1. The molecule has 1 aromatic heterocycles. The Balaban J connectivity index is 2.96. The van der Waals surface area contributed by atoms with Crippen LogP contribution in [0.15, 0.2) is 6.07 Å². The highest BCUT2D eigenvalue weighted by atomic mass is 16.5. The molecule has 76 valence electrons. The number of ether oxygens (including phenoxy) is 1. The molecule has 0 aromatic carbocycles. The predicted molar refractivity (Wildman–Crippen MR) is 50.3 cm³/mol. The van der Waals surface area contributed by atoms with E-state index in [1.165, 1.54) is 6.07 Å². The number of nitrogen functional groups attached to an aromatic ring is 1. The molecule has 0 aliphatic heterocycles. The van der Waals surface area contributed by atoms with Gasteiger partial charge in [-0.15, -0.1) is 0 Å². The van der Waals surface area contributed by atoms with E-state index >= 15 is 0 Å². The molecule has 1 rings (SSSR count). The Morgan fingerprint density at radius 3 is 2.86 bits per heavy atom. The molecule has 4 N–H and O–H groups in total. The highest BCUT2D eigenvalue weighted by Crippen LogP contribution is 2.04. The van der Waals surface area contributed by atoms with Crippen molar-refractivity contribution < 1.29 is 9.53 Å². The smallest absolute Gasteiger partial charge is 0.357 e. The highest BCUT2D eigenvalue weighted by molar-refractivity contribution is 5.87. The summed E-state index contributed by atoms with van der Waals surface area (Å²) in [6, 6.07) is 1.36. The first-order valence-corrected chi connectivity index (χ1v) is 4.18. The fourth-order valence-electron chi connectivity index (χ4n) is 0.919. The van der Waals surface area contributed by atoms with Crippen LogP contribution in [0.1, 0.15) is 23.2 Å². The number of carbonyl (C=O) groups is 1. The molecule has 0 amide bonds. The van der Waals surface area contributed by atoms with E-state index in [2.05, 4.69) is 9.97 Å². The van der Waals surface area contributed by atoms with Crippen molar-refractivity contribution in [1.82, 2.24) is 9.97 Å². The average molecular weight is 196 g/mol. The molecule has 0 spiro atoms.